The molecule has 3 aromatic rings. The third kappa shape index (κ3) is 3.28. The Morgan fingerprint density at radius 2 is 1.97 bits per heavy atom. The highest BCUT2D eigenvalue weighted by molar-refractivity contribution is 9.10. The van der Waals surface area contributed by atoms with Crippen LogP contribution >= 0.6 is 15.9 Å². The molecule has 2 aliphatic rings. The number of fused-ring (bicyclic) bond motifs is 1. The van der Waals surface area contributed by atoms with E-state index >= 15 is 0 Å². The van der Waals surface area contributed by atoms with E-state index in [-0.39, 0.29) is 23.2 Å². The van der Waals surface area contributed by atoms with E-state index in [1.165, 1.54) is 10.7 Å². The van der Waals surface area contributed by atoms with Crippen LogP contribution in [0.2, 0.25) is 0 Å². The molecule has 2 heterocycles. The number of hydrogen-bond acceptors (Lipinski definition) is 4. The number of halogens is 2. The Kier molecular flexibility index (Phi) is 4.33. The molecule has 1 unspecified atom stereocenters. The van der Waals surface area contributed by atoms with Crippen molar-refractivity contribution in [2.75, 3.05) is 5.75 Å². The van der Waals surface area contributed by atoms with Gasteiger partial charge in [-0.25, -0.2) is 4.39 Å². The molecule has 1 fully saturated rings. The Labute approximate surface area is 176 Å². The van der Waals surface area contributed by atoms with E-state index in [4.69, 9.17) is 4.18 Å². The summed E-state index contributed by atoms with van der Waals surface area (Å²) >= 11 is 3.50. The lowest BCUT2D eigenvalue weighted by Crippen LogP contribution is -2.27. The highest BCUT2D eigenvalue weighted by atomic mass is 79.9. The van der Waals surface area contributed by atoms with Crippen molar-refractivity contribution in [3.63, 3.8) is 0 Å². The van der Waals surface area contributed by atoms with Crippen molar-refractivity contribution in [2.24, 2.45) is 0 Å². The van der Waals surface area contributed by atoms with Crippen molar-refractivity contribution < 1.29 is 17.0 Å². The van der Waals surface area contributed by atoms with Crippen LogP contribution in [-0.2, 0) is 10.1 Å². The van der Waals surface area contributed by atoms with Crippen LogP contribution in [0, 0.1) is 12.7 Å². The topological polar surface area (TPSA) is 61.2 Å². The minimum atomic E-state index is -3.85. The maximum Gasteiger partial charge on any atom is 0.311 e. The number of aryl methyl sites for hydroxylation is 1. The van der Waals surface area contributed by atoms with Gasteiger partial charge in [0, 0.05) is 21.9 Å². The molecule has 1 atom stereocenters. The lowest BCUT2D eigenvalue weighted by atomic mass is 9.90. The number of para-hydroxylation sites is 1. The van der Waals surface area contributed by atoms with Crippen LogP contribution in [-0.4, -0.2) is 24.0 Å². The number of nitrogens with zero attached hydrogens (tertiary/aromatic N) is 2. The van der Waals surface area contributed by atoms with Crippen molar-refractivity contribution >= 4 is 26.0 Å². The minimum absolute atomic E-state index is 0.105. The molecule has 0 N–H and O–H groups in total. The zero-order valence-electron chi connectivity index (χ0n) is 15.6. The molecule has 0 bridgehead atoms. The summed E-state index contributed by atoms with van der Waals surface area (Å²) in [5.74, 6) is -0.701. The van der Waals surface area contributed by atoms with Crippen molar-refractivity contribution in [2.45, 2.75) is 31.6 Å². The maximum atomic E-state index is 14.5. The second-order valence-corrected chi connectivity index (χ2v) is 10.1. The Morgan fingerprint density at radius 3 is 2.66 bits per heavy atom. The van der Waals surface area contributed by atoms with Gasteiger partial charge in [0.1, 0.15) is 11.5 Å². The molecule has 0 spiro atoms. The van der Waals surface area contributed by atoms with Gasteiger partial charge in [-0.2, -0.15) is 18.2 Å². The van der Waals surface area contributed by atoms with Crippen molar-refractivity contribution in [3.05, 3.63) is 75.1 Å². The van der Waals surface area contributed by atoms with E-state index in [1.54, 1.807) is 18.2 Å². The zero-order valence-corrected chi connectivity index (χ0v) is 18.0. The summed E-state index contributed by atoms with van der Waals surface area (Å²) in [5, 5.41) is 4.64. The van der Waals surface area contributed by atoms with Crippen LogP contribution in [0.25, 0.3) is 5.69 Å². The van der Waals surface area contributed by atoms with Gasteiger partial charge in [-0.05, 0) is 49.1 Å². The first-order valence-corrected chi connectivity index (χ1v) is 11.8. The van der Waals surface area contributed by atoms with Gasteiger partial charge in [-0.1, -0.05) is 40.2 Å². The van der Waals surface area contributed by atoms with Crippen molar-refractivity contribution in [1.82, 2.24) is 9.78 Å². The SMILES string of the molecule is Cc1cc(C2CS(=O)(=O)Oc3c2c(C2CC2)nn3-c2ccccc2F)ccc1Br. The van der Waals surface area contributed by atoms with Gasteiger partial charge < -0.3 is 4.18 Å². The lowest BCUT2D eigenvalue weighted by molar-refractivity contribution is 0.444. The molecule has 5 rings (SSSR count). The Balaban J connectivity index is 1.76. The van der Waals surface area contributed by atoms with E-state index in [9.17, 15) is 12.8 Å². The van der Waals surface area contributed by atoms with E-state index in [0.717, 1.165) is 39.7 Å². The van der Waals surface area contributed by atoms with Gasteiger partial charge >= 0.3 is 10.1 Å². The largest absolute Gasteiger partial charge is 0.361 e. The van der Waals surface area contributed by atoms with Crippen LogP contribution < -0.4 is 4.18 Å². The average molecular weight is 477 g/mol. The fourth-order valence-electron chi connectivity index (χ4n) is 3.87. The van der Waals surface area contributed by atoms with Gasteiger partial charge in [0.15, 0.2) is 0 Å². The number of rotatable bonds is 3. The first-order chi connectivity index (χ1) is 13.8. The summed E-state index contributed by atoms with van der Waals surface area (Å²) in [6.45, 7) is 1.97. The van der Waals surface area contributed by atoms with Crippen molar-refractivity contribution in [1.29, 1.82) is 0 Å². The number of hydrogen-bond donors (Lipinski definition) is 0. The van der Waals surface area contributed by atoms with Crippen LogP contribution in [0.3, 0.4) is 0 Å². The van der Waals surface area contributed by atoms with Crippen LogP contribution in [0.1, 0.15) is 47.1 Å². The monoisotopic (exact) mass is 476 g/mol. The minimum Gasteiger partial charge on any atom is -0.361 e. The first kappa shape index (κ1) is 18.8. The molecule has 1 saturated carbocycles. The molecule has 0 amide bonds. The summed E-state index contributed by atoms with van der Waals surface area (Å²) in [6, 6.07) is 12.0. The first-order valence-electron chi connectivity index (χ1n) is 9.40. The van der Waals surface area contributed by atoms with Gasteiger partial charge in [-0.3, -0.25) is 0 Å². The van der Waals surface area contributed by atoms with Gasteiger partial charge in [0.05, 0.1) is 11.4 Å². The second-order valence-electron chi connectivity index (χ2n) is 7.61. The highest BCUT2D eigenvalue weighted by Crippen LogP contribution is 2.50. The van der Waals surface area contributed by atoms with E-state index in [2.05, 4.69) is 21.0 Å². The summed E-state index contributed by atoms with van der Waals surface area (Å²) < 4.78 is 47.5. The molecular weight excluding hydrogens is 459 g/mol. The molecular formula is C21H18BrFN2O3S. The molecule has 8 heteroatoms. The third-order valence-corrected chi connectivity index (χ3v) is 7.50. The number of aromatic nitrogens is 2. The van der Waals surface area contributed by atoms with Crippen LogP contribution in [0.5, 0.6) is 5.88 Å². The summed E-state index contributed by atoms with van der Waals surface area (Å²) in [5.41, 5.74) is 3.64. The summed E-state index contributed by atoms with van der Waals surface area (Å²) in [7, 11) is -3.85. The number of benzene rings is 2. The summed E-state index contributed by atoms with van der Waals surface area (Å²) in [6.07, 6.45) is 1.97. The standard InChI is InChI=1S/C21H18BrFN2O3S/c1-12-10-14(8-9-16(12)22)15-11-29(26,27)28-21-19(15)20(13-6-7-13)24-25(21)18-5-3-2-4-17(18)23/h2-5,8-10,13,15H,6-7,11H2,1H3. The molecule has 0 saturated heterocycles. The molecule has 1 aromatic heterocycles. The van der Waals surface area contributed by atoms with Gasteiger partial charge in [0.2, 0.25) is 5.88 Å². The Morgan fingerprint density at radius 1 is 1.21 bits per heavy atom. The van der Waals surface area contributed by atoms with E-state index in [0.29, 0.717) is 0 Å². The Bertz CT molecular complexity index is 1230. The highest BCUT2D eigenvalue weighted by Gasteiger charge is 2.43. The molecule has 1 aliphatic heterocycles. The smallest absolute Gasteiger partial charge is 0.311 e. The van der Waals surface area contributed by atoms with Crippen LogP contribution in [0.15, 0.2) is 46.9 Å². The van der Waals surface area contributed by atoms with Crippen molar-refractivity contribution in [3.8, 4) is 11.6 Å². The average Bonchev–Trinajstić information content (AvgIpc) is 3.45. The normalized spacial score (nSPS) is 20.2. The van der Waals surface area contributed by atoms with Crippen LogP contribution in [0.4, 0.5) is 4.39 Å². The fourth-order valence-corrected chi connectivity index (χ4v) is 5.36. The molecule has 0 radical (unpaired) electrons. The third-order valence-electron chi connectivity index (χ3n) is 5.46. The van der Waals surface area contributed by atoms with E-state index < -0.39 is 21.9 Å². The quantitative estimate of drug-likeness (QED) is 0.508. The molecule has 29 heavy (non-hydrogen) atoms. The molecule has 2 aromatic carbocycles. The summed E-state index contributed by atoms with van der Waals surface area (Å²) in [4.78, 5) is 0. The lowest BCUT2D eigenvalue weighted by Gasteiger charge is -2.25. The maximum absolute atomic E-state index is 14.5. The fraction of sp³-hybridized carbons (Fsp3) is 0.286. The molecule has 1 aliphatic carbocycles. The van der Waals surface area contributed by atoms with E-state index in [1.807, 2.05) is 25.1 Å². The Hall–Kier alpha value is -2.19. The zero-order chi connectivity index (χ0) is 20.3. The molecule has 150 valence electrons. The van der Waals surface area contributed by atoms with Gasteiger partial charge in [0.25, 0.3) is 0 Å². The predicted octanol–water partition coefficient (Wildman–Crippen LogP) is 4.81. The van der Waals surface area contributed by atoms with Gasteiger partial charge in [-0.15, -0.1) is 0 Å². The predicted molar refractivity (Wildman–Crippen MR) is 111 cm³/mol. The molecule has 5 nitrogen and oxygen atoms in total. The second kappa shape index (κ2) is 6.67.